The van der Waals surface area contributed by atoms with Gasteiger partial charge in [0.2, 0.25) is 0 Å². The van der Waals surface area contributed by atoms with Crippen LogP contribution in [-0.4, -0.2) is 5.78 Å². The third kappa shape index (κ3) is 6.25. The maximum atomic E-state index is 13.7. The number of anilines is 1. The minimum absolute atomic E-state index is 0.271. The molecule has 1 aromatic heterocycles. The molecule has 1 aliphatic carbocycles. The molecule has 0 N–H and O–H groups in total. The quantitative estimate of drug-likeness (QED) is 0.282. The van der Waals surface area contributed by atoms with Crippen LogP contribution in [0.2, 0.25) is 5.02 Å². The fraction of sp³-hybridized carbons (Fsp3) is 0.344. The van der Waals surface area contributed by atoms with E-state index in [1.807, 2.05) is 35.3 Å². The average Bonchev–Trinajstić information content (AvgIpc) is 3.14. The van der Waals surface area contributed by atoms with Gasteiger partial charge in [0.15, 0.2) is 0 Å². The van der Waals surface area contributed by atoms with Crippen molar-refractivity contribution in [2.45, 2.75) is 65.2 Å². The molecule has 0 bridgehead atoms. The Balaban J connectivity index is 1.26. The highest BCUT2D eigenvalue weighted by Gasteiger charge is 2.22. The average molecular weight is 534 g/mol. The number of halogens is 2. The largest absolute Gasteiger partial charge is 0.320 e. The molecule has 0 spiro atoms. The van der Waals surface area contributed by atoms with E-state index in [4.69, 9.17) is 11.6 Å². The molecule has 2 heterocycles. The number of aryl methyl sites for hydroxylation is 4. The molecule has 2 aliphatic rings. The van der Waals surface area contributed by atoms with Crippen molar-refractivity contribution in [1.82, 2.24) is 0 Å². The van der Waals surface area contributed by atoms with Gasteiger partial charge in [-0.3, -0.25) is 4.79 Å². The SMILES string of the molecule is Cc1cc2c(s1)CCC(CCC(=O)CC1=CCC(c3ccc(Cl)c(C)c3)=CN1c1ccc(F)cc1)CC2. The predicted molar refractivity (Wildman–Crippen MR) is 154 cm³/mol. The number of rotatable bonds is 7. The first kappa shape index (κ1) is 25.9. The maximum Gasteiger partial charge on any atom is 0.138 e. The second-order valence-corrected chi connectivity index (χ2v) is 12.1. The summed E-state index contributed by atoms with van der Waals surface area (Å²) in [7, 11) is 0. The van der Waals surface area contributed by atoms with Crippen molar-refractivity contribution in [1.29, 1.82) is 0 Å². The van der Waals surface area contributed by atoms with Crippen LogP contribution in [0.1, 0.15) is 65.0 Å². The van der Waals surface area contributed by atoms with E-state index in [1.165, 1.54) is 35.4 Å². The van der Waals surface area contributed by atoms with Crippen LogP contribution in [0.25, 0.3) is 5.57 Å². The highest BCUT2D eigenvalue weighted by molar-refractivity contribution is 7.12. The molecule has 2 aromatic carbocycles. The van der Waals surface area contributed by atoms with E-state index in [0.717, 1.165) is 58.8 Å². The Morgan fingerprint density at radius 2 is 1.86 bits per heavy atom. The summed E-state index contributed by atoms with van der Waals surface area (Å²) < 4.78 is 13.7. The number of hydrogen-bond donors (Lipinski definition) is 0. The van der Waals surface area contributed by atoms with E-state index in [9.17, 15) is 9.18 Å². The van der Waals surface area contributed by atoms with E-state index in [0.29, 0.717) is 18.8 Å². The molecule has 2 nitrogen and oxygen atoms in total. The number of Topliss-reactive ketones (excluding diaryl/α,β-unsaturated/α-hetero) is 1. The summed E-state index contributed by atoms with van der Waals surface area (Å²) in [6.07, 6.45) is 11.6. The van der Waals surface area contributed by atoms with E-state index >= 15 is 0 Å². The number of benzene rings is 2. The number of carbonyl (C=O) groups excluding carboxylic acids is 1. The Hall–Kier alpha value is -2.69. The van der Waals surface area contributed by atoms with Gasteiger partial charge in [0.05, 0.1) is 0 Å². The standard InChI is InChI=1S/C32H33ClFNOS/c1-21-17-24(8-15-31(21)33)26-7-11-29(35(20-26)28-12-9-27(34)10-13-28)19-30(36)14-4-23-3-6-25-18-22(2)37-32(25)16-5-23/h8-13,15,17-18,20,23H,3-7,14,16,19H2,1-2H3. The lowest BCUT2D eigenvalue weighted by Gasteiger charge is -2.29. The van der Waals surface area contributed by atoms with E-state index in [1.54, 1.807) is 17.0 Å². The minimum Gasteiger partial charge on any atom is -0.320 e. The van der Waals surface area contributed by atoms with Gasteiger partial charge in [0.1, 0.15) is 11.6 Å². The van der Waals surface area contributed by atoms with Crippen molar-refractivity contribution in [2.75, 3.05) is 4.90 Å². The van der Waals surface area contributed by atoms with Gasteiger partial charge in [0.25, 0.3) is 0 Å². The fourth-order valence-corrected chi connectivity index (χ4v) is 6.69. The highest BCUT2D eigenvalue weighted by atomic mass is 35.5. The summed E-state index contributed by atoms with van der Waals surface area (Å²) in [6, 6.07) is 14.9. The molecule has 0 fully saturated rings. The Bertz CT molecular complexity index is 1330. The second-order valence-electron chi connectivity index (χ2n) is 10.4. The molecule has 0 amide bonds. The molecule has 1 aliphatic heterocycles. The van der Waals surface area contributed by atoms with Crippen LogP contribution in [0, 0.1) is 25.6 Å². The molecule has 0 radical (unpaired) electrons. The molecule has 37 heavy (non-hydrogen) atoms. The van der Waals surface area contributed by atoms with Crippen LogP contribution in [0.5, 0.6) is 0 Å². The maximum absolute atomic E-state index is 13.7. The van der Waals surface area contributed by atoms with E-state index in [2.05, 4.69) is 31.3 Å². The number of allylic oxidation sites excluding steroid dienone is 3. The van der Waals surface area contributed by atoms with Crippen molar-refractivity contribution < 1.29 is 9.18 Å². The number of ketones is 1. The van der Waals surface area contributed by atoms with Gasteiger partial charge in [-0.2, -0.15) is 0 Å². The van der Waals surface area contributed by atoms with Gasteiger partial charge in [0, 0.05) is 45.2 Å². The lowest BCUT2D eigenvalue weighted by molar-refractivity contribution is -0.118. The number of fused-ring (bicyclic) bond motifs is 1. The third-order valence-corrected chi connectivity index (χ3v) is 9.19. The van der Waals surface area contributed by atoms with Gasteiger partial charge < -0.3 is 4.90 Å². The van der Waals surface area contributed by atoms with Crippen LogP contribution in [0.15, 0.2) is 66.5 Å². The summed E-state index contributed by atoms with van der Waals surface area (Å²) in [5, 5.41) is 0.747. The Morgan fingerprint density at radius 3 is 2.65 bits per heavy atom. The van der Waals surface area contributed by atoms with Crippen molar-refractivity contribution in [3.05, 3.63) is 104 Å². The molecule has 0 saturated heterocycles. The number of thiophene rings is 1. The van der Waals surface area contributed by atoms with Crippen LogP contribution in [0.3, 0.4) is 0 Å². The monoisotopic (exact) mass is 533 g/mol. The molecule has 0 saturated carbocycles. The van der Waals surface area contributed by atoms with Crippen molar-refractivity contribution in [2.24, 2.45) is 5.92 Å². The zero-order chi connectivity index (χ0) is 25.9. The zero-order valence-corrected chi connectivity index (χ0v) is 23.1. The van der Waals surface area contributed by atoms with E-state index < -0.39 is 0 Å². The molecule has 5 heteroatoms. The Kier molecular flexibility index (Phi) is 7.97. The molecule has 192 valence electrons. The number of nitrogens with zero attached hydrogens (tertiary/aromatic N) is 1. The van der Waals surface area contributed by atoms with Crippen LogP contribution in [0.4, 0.5) is 10.1 Å². The molecule has 1 unspecified atom stereocenters. The zero-order valence-electron chi connectivity index (χ0n) is 21.5. The Labute approximate surface area is 228 Å². The first-order valence-corrected chi connectivity index (χ1v) is 14.4. The summed E-state index contributed by atoms with van der Waals surface area (Å²) in [4.78, 5) is 18.2. The van der Waals surface area contributed by atoms with Crippen LogP contribution < -0.4 is 4.90 Å². The van der Waals surface area contributed by atoms with Gasteiger partial charge in [-0.15, -0.1) is 11.3 Å². The van der Waals surface area contributed by atoms with Crippen molar-refractivity contribution in [3.63, 3.8) is 0 Å². The van der Waals surface area contributed by atoms with Crippen molar-refractivity contribution >= 4 is 40.0 Å². The topological polar surface area (TPSA) is 20.3 Å². The Morgan fingerprint density at radius 1 is 1.08 bits per heavy atom. The van der Waals surface area contributed by atoms with Gasteiger partial charge in [-0.05, 0) is 117 Å². The molecule has 3 aromatic rings. The van der Waals surface area contributed by atoms with Crippen LogP contribution in [-0.2, 0) is 17.6 Å². The summed E-state index contributed by atoms with van der Waals surface area (Å²) in [6.45, 7) is 4.20. The summed E-state index contributed by atoms with van der Waals surface area (Å²) in [5.74, 6) is 0.609. The highest BCUT2D eigenvalue weighted by Crippen LogP contribution is 2.35. The fourth-order valence-electron chi connectivity index (χ4n) is 5.48. The van der Waals surface area contributed by atoms with Gasteiger partial charge >= 0.3 is 0 Å². The summed E-state index contributed by atoms with van der Waals surface area (Å²) >= 11 is 8.18. The predicted octanol–water partition coefficient (Wildman–Crippen LogP) is 9.23. The van der Waals surface area contributed by atoms with E-state index in [-0.39, 0.29) is 11.6 Å². The third-order valence-electron chi connectivity index (χ3n) is 7.62. The summed E-state index contributed by atoms with van der Waals surface area (Å²) in [5.41, 5.74) is 6.62. The van der Waals surface area contributed by atoms with Gasteiger partial charge in [-0.25, -0.2) is 4.39 Å². The number of hydrogen-bond acceptors (Lipinski definition) is 3. The smallest absolute Gasteiger partial charge is 0.138 e. The van der Waals surface area contributed by atoms with Crippen molar-refractivity contribution in [3.8, 4) is 0 Å². The first-order valence-electron chi connectivity index (χ1n) is 13.2. The minimum atomic E-state index is -0.271. The number of carbonyl (C=O) groups is 1. The molecule has 1 atom stereocenters. The van der Waals surface area contributed by atoms with Gasteiger partial charge in [-0.1, -0.05) is 29.8 Å². The second kappa shape index (κ2) is 11.4. The molecule has 5 rings (SSSR count). The molecular formula is C32H33ClFNOS. The lowest BCUT2D eigenvalue weighted by atomic mass is 9.92. The first-order chi connectivity index (χ1) is 17.9. The lowest BCUT2D eigenvalue weighted by Crippen LogP contribution is -2.21. The normalized spacial score (nSPS) is 17.6. The van der Waals surface area contributed by atoms with Crippen LogP contribution >= 0.6 is 22.9 Å². The molecular weight excluding hydrogens is 501 g/mol.